The maximum absolute atomic E-state index is 14.9. The van der Waals surface area contributed by atoms with Crippen LogP contribution in [-0.2, 0) is 10.0 Å². The molecular formula is C27H34F5N7O3S. The van der Waals surface area contributed by atoms with Crippen LogP contribution in [0.15, 0.2) is 29.2 Å². The van der Waals surface area contributed by atoms with E-state index in [1.807, 2.05) is 16.7 Å². The highest BCUT2D eigenvalue weighted by atomic mass is 32.2. The number of alkyl halides is 4. The van der Waals surface area contributed by atoms with Crippen molar-refractivity contribution in [2.45, 2.75) is 70.3 Å². The average Bonchev–Trinajstić information content (AvgIpc) is 2.93. The Morgan fingerprint density at radius 3 is 2.44 bits per heavy atom. The molecule has 2 aromatic heterocycles. The standard InChI is InChI=1S/C27H34F5N7O3S/c1-16(2)39-24-22(15-33-26(36-24)34-18-5-7-19(8-6-18)38(3)12-11-28)35-23(25(39)40)17-4-9-21(20(29)14-17)37-43(41,42)13-10-27(30,31)32/h4,9,14-16,18-19,37H,5-8,10-13H2,1-3H3,(H,33,34,36)/t18-,19-. The highest BCUT2D eigenvalue weighted by molar-refractivity contribution is 7.92. The van der Waals surface area contributed by atoms with E-state index in [4.69, 9.17) is 0 Å². The Kier molecular flexibility index (Phi) is 9.89. The summed E-state index contributed by atoms with van der Waals surface area (Å²) in [6.07, 6.45) is -1.34. The molecule has 10 nitrogen and oxygen atoms in total. The van der Waals surface area contributed by atoms with Gasteiger partial charge < -0.3 is 10.2 Å². The zero-order chi connectivity index (χ0) is 31.5. The molecule has 0 saturated heterocycles. The Morgan fingerprint density at radius 1 is 1.14 bits per heavy atom. The molecule has 0 spiro atoms. The van der Waals surface area contributed by atoms with Crippen LogP contribution in [0.1, 0.15) is 52.0 Å². The number of fused-ring (bicyclic) bond motifs is 1. The van der Waals surface area contributed by atoms with E-state index in [0.717, 1.165) is 37.8 Å². The van der Waals surface area contributed by atoms with Crippen LogP contribution in [0.3, 0.4) is 0 Å². The van der Waals surface area contributed by atoms with E-state index < -0.39 is 45.4 Å². The zero-order valence-electron chi connectivity index (χ0n) is 24.0. The molecule has 0 radical (unpaired) electrons. The van der Waals surface area contributed by atoms with E-state index in [9.17, 15) is 35.2 Å². The maximum atomic E-state index is 14.9. The second-order valence-corrected chi connectivity index (χ2v) is 12.8. The maximum Gasteiger partial charge on any atom is 0.390 e. The molecule has 1 saturated carbocycles. The van der Waals surface area contributed by atoms with Crippen LogP contribution >= 0.6 is 0 Å². The number of nitrogens with one attached hydrogen (secondary N) is 2. The first-order valence-electron chi connectivity index (χ1n) is 13.9. The van der Waals surface area contributed by atoms with Crippen LogP contribution in [0.2, 0.25) is 0 Å². The van der Waals surface area contributed by atoms with Gasteiger partial charge in [-0.3, -0.25) is 14.1 Å². The lowest BCUT2D eigenvalue weighted by Gasteiger charge is -2.34. The molecular weight excluding hydrogens is 597 g/mol. The molecule has 3 aromatic rings. The SMILES string of the molecule is CC(C)n1c(=O)c(-c2ccc(NS(=O)(=O)CCC(F)(F)F)c(F)c2)nc2cnc(N[C@H]3CC[C@H](N(C)CCF)CC3)nc21. The molecule has 1 aromatic carbocycles. The molecule has 2 N–H and O–H groups in total. The fraction of sp³-hybridized carbons (Fsp3) is 0.556. The first-order chi connectivity index (χ1) is 20.2. The third-order valence-electron chi connectivity index (χ3n) is 7.40. The summed E-state index contributed by atoms with van der Waals surface area (Å²) in [5, 5.41) is 3.32. The number of hydrogen-bond donors (Lipinski definition) is 2. The number of aromatic nitrogens is 4. The summed E-state index contributed by atoms with van der Waals surface area (Å²) in [6, 6.07) is 3.21. The molecule has 0 atom stereocenters. The van der Waals surface area contributed by atoms with Gasteiger partial charge in [-0.05, 0) is 58.7 Å². The summed E-state index contributed by atoms with van der Waals surface area (Å²) >= 11 is 0. The Morgan fingerprint density at radius 2 is 1.84 bits per heavy atom. The highest BCUT2D eigenvalue weighted by Crippen LogP contribution is 2.27. The monoisotopic (exact) mass is 631 g/mol. The van der Waals surface area contributed by atoms with Crippen molar-refractivity contribution < 1.29 is 30.4 Å². The van der Waals surface area contributed by atoms with E-state index in [0.29, 0.717) is 18.5 Å². The van der Waals surface area contributed by atoms with Crippen molar-refractivity contribution in [3.05, 3.63) is 40.6 Å². The van der Waals surface area contributed by atoms with Gasteiger partial charge in [-0.15, -0.1) is 0 Å². The minimum absolute atomic E-state index is 0.0359. The van der Waals surface area contributed by atoms with Crippen molar-refractivity contribution in [3.63, 3.8) is 0 Å². The number of halogens is 5. The van der Waals surface area contributed by atoms with Crippen molar-refractivity contribution >= 4 is 32.8 Å². The lowest BCUT2D eigenvalue weighted by Crippen LogP contribution is -2.39. The zero-order valence-corrected chi connectivity index (χ0v) is 24.8. The summed E-state index contributed by atoms with van der Waals surface area (Å²) in [5.74, 6) is -2.03. The van der Waals surface area contributed by atoms with E-state index in [1.54, 1.807) is 13.8 Å². The Bertz CT molecular complexity index is 1610. The molecule has 0 aliphatic heterocycles. The minimum Gasteiger partial charge on any atom is -0.351 e. The lowest BCUT2D eigenvalue weighted by molar-refractivity contribution is -0.129. The average molecular weight is 632 g/mol. The fourth-order valence-corrected chi connectivity index (χ4v) is 6.21. The van der Waals surface area contributed by atoms with Gasteiger partial charge in [-0.1, -0.05) is 6.07 Å². The summed E-state index contributed by atoms with van der Waals surface area (Å²) < 4.78 is 92.2. The van der Waals surface area contributed by atoms with Gasteiger partial charge in [0.15, 0.2) is 5.65 Å². The molecule has 0 amide bonds. The van der Waals surface area contributed by atoms with Crippen molar-refractivity contribution in [1.29, 1.82) is 0 Å². The molecule has 1 aliphatic carbocycles. The molecule has 1 aliphatic rings. The number of rotatable bonds is 11. The van der Waals surface area contributed by atoms with Crippen LogP contribution in [0.5, 0.6) is 0 Å². The Labute approximate surface area is 245 Å². The van der Waals surface area contributed by atoms with Gasteiger partial charge in [0.05, 0.1) is 24.1 Å². The summed E-state index contributed by atoms with van der Waals surface area (Å²) in [4.78, 5) is 28.9. The predicted molar refractivity (Wildman–Crippen MR) is 154 cm³/mol. The number of anilines is 2. The molecule has 43 heavy (non-hydrogen) atoms. The van der Waals surface area contributed by atoms with E-state index in [2.05, 4.69) is 20.3 Å². The van der Waals surface area contributed by atoms with Gasteiger partial charge in [0.1, 0.15) is 23.7 Å². The van der Waals surface area contributed by atoms with Crippen molar-refractivity contribution in [2.75, 3.05) is 36.1 Å². The molecule has 4 rings (SSSR count). The Balaban J connectivity index is 1.57. The third kappa shape index (κ3) is 8.16. The largest absolute Gasteiger partial charge is 0.390 e. The first kappa shape index (κ1) is 32.5. The summed E-state index contributed by atoms with van der Waals surface area (Å²) in [6.45, 7) is 3.56. The molecule has 0 unspecified atom stereocenters. The number of sulfonamides is 1. The quantitative estimate of drug-likeness (QED) is 0.287. The first-order valence-corrected chi connectivity index (χ1v) is 15.5. The topological polar surface area (TPSA) is 122 Å². The van der Waals surface area contributed by atoms with Crippen LogP contribution in [-0.4, -0.2) is 77.1 Å². The summed E-state index contributed by atoms with van der Waals surface area (Å²) in [5.41, 5.74) is -0.685. The third-order valence-corrected chi connectivity index (χ3v) is 8.67. The van der Waals surface area contributed by atoms with Gasteiger partial charge >= 0.3 is 6.18 Å². The molecule has 0 bridgehead atoms. The smallest absolute Gasteiger partial charge is 0.351 e. The normalized spacial score (nSPS) is 18.0. The number of benzene rings is 1. The molecule has 2 heterocycles. The second-order valence-electron chi connectivity index (χ2n) is 10.9. The van der Waals surface area contributed by atoms with Gasteiger partial charge in [-0.25, -0.2) is 27.2 Å². The molecule has 1 fully saturated rings. The van der Waals surface area contributed by atoms with Crippen molar-refractivity contribution in [3.8, 4) is 11.3 Å². The van der Waals surface area contributed by atoms with E-state index >= 15 is 0 Å². The molecule has 16 heteroatoms. The van der Waals surface area contributed by atoms with Crippen LogP contribution in [0, 0.1) is 5.82 Å². The second kappa shape index (κ2) is 13.1. The Hall–Kier alpha value is -3.40. The number of nitrogens with zero attached hydrogens (tertiary/aromatic N) is 5. The van der Waals surface area contributed by atoms with E-state index in [1.165, 1.54) is 16.8 Å². The predicted octanol–water partition coefficient (Wildman–Crippen LogP) is 4.89. The van der Waals surface area contributed by atoms with Gasteiger partial charge in [0.25, 0.3) is 5.56 Å². The lowest BCUT2D eigenvalue weighted by atomic mass is 9.90. The fourth-order valence-electron chi connectivity index (χ4n) is 5.11. The minimum atomic E-state index is -4.69. The van der Waals surface area contributed by atoms with Crippen LogP contribution in [0.25, 0.3) is 22.4 Å². The van der Waals surface area contributed by atoms with E-state index in [-0.39, 0.29) is 41.2 Å². The number of hydrogen-bond acceptors (Lipinski definition) is 8. The van der Waals surface area contributed by atoms with Crippen molar-refractivity contribution in [2.24, 2.45) is 0 Å². The summed E-state index contributed by atoms with van der Waals surface area (Å²) in [7, 11) is -2.56. The van der Waals surface area contributed by atoms with Crippen LogP contribution in [0.4, 0.5) is 33.6 Å². The van der Waals surface area contributed by atoms with Crippen molar-refractivity contribution in [1.82, 2.24) is 24.4 Å². The van der Waals surface area contributed by atoms with Gasteiger partial charge in [-0.2, -0.15) is 18.2 Å². The molecule has 236 valence electrons. The highest BCUT2D eigenvalue weighted by Gasteiger charge is 2.30. The van der Waals surface area contributed by atoms with Crippen LogP contribution < -0.4 is 15.6 Å². The van der Waals surface area contributed by atoms with Gasteiger partial charge in [0.2, 0.25) is 16.0 Å². The van der Waals surface area contributed by atoms with Gasteiger partial charge in [0, 0.05) is 30.2 Å².